The molecule has 4 heteroatoms. The topological polar surface area (TPSA) is 38.7 Å². The highest BCUT2D eigenvalue weighted by Gasteiger charge is 2.25. The van der Waals surface area contributed by atoms with Crippen LogP contribution >= 0.6 is 15.9 Å². The Hall–Kier alpha value is -0.740. The van der Waals surface area contributed by atoms with Gasteiger partial charge in [0.15, 0.2) is 11.5 Å². The summed E-state index contributed by atoms with van der Waals surface area (Å²) in [7, 11) is 0. The van der Waals surface area contributed by atoms with Crippen LogP contribution in [0.3, 0.4) is 0 Å². The highest BCUT2D eigenvalue weighted by atomic mass is 79.9. The minimum atomic E-state index is 0.0888. The van der Waals surface area contributed by atoms with E-state index < -0.39 is 0 Å². The predicted molar refractivity (Wildman–Crippen MR) is 79.3 cm³/mol. The van der Waals surface area contributed by atoms with E-state index in [-0.39, 0.29) is 12.5 Å². The molecule has 106 valence electrons. The minimum Gasteiger partial charge on any atom is -0.489 e. The second-order valence-electron chi connectivity index (χ2n) is 5.31. The molecule has 1 aliphatic heterocycles. The molecule has 1 unspecified atom stereocenters. The van der Waals surface area contributed by atoms with Crippen LogP contribution in [0.5, 0.6) is 11.5 Å². The maximum Gasteiger partial charge on any atom is 0.175 e. The highest BCUT2D eigenvalue weighted by Crippen LogP contribution is 2.46. The van der Waals surface area contributed by atoms with Gasteiger partial charge in [0.1, 0.15) is 0 Å². The van der Waals surface area contributed by atoms with Crippen molar-refractivity contribution >= 4 is 15.9 Å². The first-order valence-electron chi connectivity index (χ1n) is 6.79. The third-order valence-corrected chi connectivity index (χ3v) is 4.01. The molecule has 1 atom stereocenters. The number of hydrogen-bond acceptors (Lipinski definition) is 3. The molecule has 19 heavy (non-hydrogen) atoms. The zero-order chi connectivity index (χ0) is 14.0. The summed E-state index contributed by atoms with van der Waals surface area (Å²) in [5.74, 6) is 2.06. The fourth-order valence-electron chi connectivity index (χ4n) is 2.43. The van der Waals surface area contributed by atoms with Crippen molar-refractivity contribution in [3.8, 4) is 11.5 Å². The van der Waals surface area contributed by atoms with E-state index in [2.05, 4.69) is 35.8 Å². The first kappa shape index (κ1) is 14.7. The lowest BCUT2D eigenvalue weighted by atomic mass is 9.89. The van der Waals surface area contributed by atoms with Gasteiger partial charge in [-0.1, -0.05) is 20.8 Å². The molecule has 3 nitrogen and oxygen atoms in total. The van der Waals surface area contributed by atoms with E-state index in [1.54, 1.807) is 0 Å². The molecule has 2 rings (SSSR count). The minimum absolute atomic E-state index is 0.0888. The zero-order valence-electron chi connectivity index (χ0n) is 11.7. The van der Waals surface area contributed by atoms with Crippen LogP contribution in [-0.2, 0) is 0 Å². The molecule has 0 aliphatic carbocycles. The molecule has 0 fully saturated rings. The van der Waals surface area contributed by atoms with Crippen molar-refractivity contribution in [1.29, 1.82) is 0 Å². The predicted octanol–water partition coefficient (Wildman–Crippen LogP) is 3.83. The van der Waals surface area contributed by atoms with Crippen molar-refractivity contribution < 1.29 is 14.6 Å². The molecule has 0 amide bonds. The summed E-state index contributed by atoms with van der Waals surface area (Å²) < 4.78 is 12.6. The van der Waals surface area contributed by atoms with Crippen LogP contribution in [0.15, 0.2) is 10.5 Å². The molecule has 0 spiro atoms. The van der Waals surface area contributed by atoms with E-state index in [0.29, 0.717) is 19.1 Å². The number of halogens is 1. The highest BCUT2D eigenvalue weighted by molar-refractivity contribution is 9.10. The van der Waals surface area contributed by atoms with Crippen molar-refractivity contribution in [2.75, 3.05) is 19.8 Å². The summed E-state index contributed by atoms with van der Waals surface area (Å²) in [6.45, 7) is 7.80. The summed E-state index contributed by atoms with van der Waals surface area (Å²) in [5.41, 5.74) is 2.29. The molecular formula is C15H21BrO3. The van der Waals surface area contributed by atoms with Gasteiger partial charge in [-0.05, 0) is 33.5 Å². The lowest BCUT2D eigenvalue weighted by molar-refractivity contribution is 0.271. The van der Waals surface area contributed by atoms with Gasteiger partial charge < -0.3 is 14.6 Å². The average Bonchev–Trinajstić information content (AvgIpc) is 2.63. The van der Waals surface area contributed by atoms with Crippen LogP contribution in [0.25, 0.3) is 0 Å². The van der Waals surface area contributed by atoms with Gasteiger partial charge in [0.2, 0.25) is 0 Å². The maximum absolute atomic E-state index is 9.46. The summed E-state index contributed by atoms with van der Waals surface area (Å²) in [6, 6.07) is 2.06. The second kappa shape index (κ2) is 6.14. The standard InChI is InChI=1S/C15H21BrO3/c1-9(2)13-11(10(3)8-17)7-12(16)14-15(13)19-6-4-5-18-14/h7,9-10,17H,4-6,8H2,1-3H3. The van der Waals surface area contributed by atoms with E-state index in [0.717, 1.165) is 33.5 Å². The molecule has 1 aromatic rings. The SMILES string of the molecule is CC(C)c1c(C(C)CO)cc(Br)c2c1OCCCO2. The van der Waals surface area contributed by atoms with Crippen LogP contribution in [0, 0.1) is 0 Å². The second-order valence-corrected chi connectivity index (χ2v) is 6.16. The number of ether oxygens (including phenoxy) is 2. The maximum atomic E-state index is 9.46. The summed E-state index contributed by atoms with van der Waals surface area (Å²) in [4.78, 5) is 0. The van der Waals surface area contributed by atoms with Crippen molar-refractivity contribution in [3.05, 3.63) is 21.7 Å². The quantitative estimate of drug-likeness (QED) is 0.916. The summed E-state index contributed by atoms with van der Waals surface area (Å²) >= 11 is 3.56. The van der Waals surface area contributed by atoms with E-state index >= 15 is 0 Å². The van der Waals surface area contributed by atoms with Crippen molar-refractivity contribution in [1.82, 2.24) is 0 Å². The van der Waals surface area contributed by atoms with Crippen molar-refractivity contribution in [2.45, 2.75) is 39.0 Å². The molecule has 1 heterocycles. The Morgan fingerprint density at radius 2 is 1.84 bits per heavy atom. The fraction of sp³-hybridized carbons (Fsp3) is 0.600. The van der Waals surface area contributed by atoms with Crippen LogP contribution in [-0.4, -0.2) is 24.9 Å². The van der Waals surface area contributed by atoms with Crippen LogP contribution in [0.1, 0.15) is 50.2 Å². The first-order chi connectivity index (χ1) is 9.06. The average molecular weight is 329 g/mol. The van der Waals surface area contributed by atoms with Gasteiger partial charge >= 0.3 is 0 Å². The molecule has 0 radical (unpaired) electrons. The Kier molecular flexibility index (Phi) is 4.74. The number of aliphatic hydroxyl groups excluding tert-OH is 1. The lowest BCUT2D eigenvalue weighted by Crippen LogP contribution is -2.08. The molecule has 0 saturated carbocycles. The Morgan fingerprint density at radius 1 is 1.21 bits per heavy atom. The smallest absolute Gasteiger partial charge is 0.175 e. The van der Waals surface area contributed by atoms with Gasteiger partial charge in [-0.25, -0.2) is 0 Å². The normalized spacial score (nSPS) is 16.3. The largest absolute Gasteiger partial charge is 0.489 e. The Morgan fingerprint density at radius 3 is 2.42 bits per heavy atom. The molecule has 1 aliphatic rings. The van der Waals surface area contributed by atoms with E-state index in [4.69, 9.17) is 9.47 Å². The van der Waals surface area contributed by atoms with Gasteiger partial charge in [0.25, 0.3) is 0 Å². The first-order valence-corrected chi connectivity index (χ1v) is 7.58. The Bertz CT molecular complexity index is 457. The van der Waals surface area contributed by atoms with Gasteiger partial charge in [-0.2, -0.15) is 0 Å². The molecule has 1 N–H and O–H groups in total. The van der Waals surface area contributed by atoms with Gasteiger partial charge in [-0.3, -0.25) is 0 Å². The monoisotopic (exact) mass is 328 g/mol. The van der Waals surface area contributed by atoms with E-state index in [1.807, 2.05) is 6.92 Å². The number of aliphatic hydroxyl groups is 1. The molecule has 0 aromatic heterocycles. The third-order valence-electron chi connectivity index (χ3n) is 3.42. The lowest BCUT2D eigenvalue weighted by Gasteiger charge is -2.23. The number of hydrogen-bond donors (Lipinski definition) is 1. The number of benzene rings is 1. The molecular weight excluding hydrogens is 308 g/mol. The van der Waals surface area contributed by atoms with Crippen molar-refractivity contribution in [3.63, 3.8) is 0 Å². The molecule has 0 bridgehead atoms. The van der Waals surface area contributed by atoms with E-state index in [1.165, 1.54) is 0 Å². The van der Waals surface area contributed by atoms with Crippen LogP contribution in [0.4, 0.5) is 0 Å². The van der Waals surface area contributed by atoms with Gasteiger partial charge in [0, 0.05) is 24.5 Å². The van der Waals surface area contributed by atoms with Crippen LogP contribution < -0.4 is 9.47 Å². The fourth-order valence-corrected chi connectivity index (χ4v) is 2.97. The zero-order valence-corrected chi connectivity index (χ0v) is 13.3. The Balaban J connectivity index is 2.63. The van der Waals surface area contributed by atoms with Crippen molar-refractivity contribution in [2.24, 2.45) is 0 Å². The van der Waals surface area contributed by atoms with Gasteiger partial charge in [0.05, 0.1) is 17.7 Å². The number of fused-ring (bicyclic) bond motifs is 1. The van der Waals surface area contributed by atoms with Crippen LogP contribution in [0.2, 0.25) is 0 Å². The number of rotatable bonds is 3. The molecule has 1 aromatic carbocycles. The summed E-state index contributed by atoms with van der Waals surface area (Å²) in [6.07, 6.45) is 0.892. The molecule has 0 saturated heterocycles. The van der Waals surface area contributed by atoms with Gasteiger partial charge in [-0.15, -0.1) is 0 Å². The third kappa shape index (κ3) is 2.90. The summed E-state index contributed by atoms with van der Waals surface area (Å²) in [5, 5.41) is 9.46. The van der Waals surface area contributed by atoms with E-state index in [9.17, 15) is 5.11 Å². The Labute approximate surface area is 123 Å².